The van der Waals surface area contributed by atoms with E-state index < -0.39 is 6.04 Å². The Labute approximate surface area is 183 Å². The van der Waals surface area contributed by atoms with E-state index in [0.29, 0.717) is 35.9 Å². The summed E-state index contributed by atoms with van der Waals surface area (Å²) in [4.78, 5) is 27.2. The molecule has 0 saturated carbocycles. The second-order valence-corrected chi connectivity index (χ2v) is 7.31. The summed E-state index contributed by atoms with van der Waals surface area (Å²) in [6, 6.07) is 12.4. The summed E-state index contributed by atoms with van der Waals surface area (Å²) in [5.74, 6) is 1.00. The van der Waals surface area contributed by atoms with E-state index in [2.05, 4.69) is 5.32 Å². The second kappa shape index (κ2) is 11.5. The number of nitrogens with one attached hydrogen (secondary N) is 1. The Morgan fingerprint density at radius 3 is 2.23 bits per heavy atom. The van der Waals surface area contributed by atoms with Gasteiger partial charge in [-0.1, -0.05) is 36.7 Å². The summed E-state index contributed by atoms with van der Waals surface area (Å²) in [5.41, 5.74) is 1.88. The zero-order chi connectivity index (χ0) is 22.1. The van der Waals surface area contributed by atoms with Gasteiger partial charge in [-0.05, 0) is 48.2 Å². The highest BCUT2D eigenvalue weighted by atomic mass is 35.5. The van der Waals surface area contributed by atoms with Crippen LogP contribution < -0.4 is 14.8 Å². The lowest BCUT2D eigenvalue weighted by Gasteiger charge is -2.30. The van der Waals surface area contributed by atoms with Crippen molar-refractivity contribution in [3.8, 4) is 11.5 Å². The molecule has 0 saturated heterocycles. The van der Waals surface area contributed by atoms with Crippen LogP contribution in [0.15, 0.2) is 42.5 Å². The van der Waals surface area contributed by atoms with Gasteiger partial charge in [0.15, 0.2) is 11.5 Å². The second-order valence-electron chi connectivity index (χ2n) is 6.88. The number of nitrogens with zero attached hydrogens (tertiary/aromatic N) is 1. The van der Waals surface area contributed by atoms with Crippen molar-refractivity contribution < 1.29 is 19.1 Å². The number of aryl methyl sites for hydroxylation is 1. The maximum absolute atomic E-state index is 13.2. The number of rotatable bonds is 10. The van der Waals surface area contributed by atoms with Crippen LogP contribution in [-0.4, -0.2) is 44.0 Å². The minimum absolute atomic E-state index is 0.0878. The van der Waals surface area contributed by atoms with E-state index in [1.165, 1.54) is 0 Å². The molecule has 2 aromatic carbocycles. The van der Waals surface area contributed by atoms with Gasteiger partial charge < -0.3 is 19.7 Å². The molecular weight excluding hydrogens is 404 g/mol. The van der Waals surface area contributed by atoms with Crippen LogP contribution in [0.1, 0.15) is 30.9 Å². The summed E-state index contributed by atoms with van der Waals surface area (Å²) >= 11 is 5.97. The molecule has 1 atom stereocenters. The van der Waals surface area contributed by atoms with Crippen molar-refractivity contribution in [3.63, 3.8) is 0 Å². The molecule has 7 heteroatoms. The number of benzene rings is 2. The SMILES string of the molecule is CC[C@@H](C(=O)NC)N(Cc1ccc(Cl)cc1)C(=O)CCc1ccc(OC)c(OC)c1. The molecule has 2 aromatic rings. The summed E-state index contributed by atoms with van der Waals surface area (Å²) < 4.78 is 10.6. The minimum Gasteiger partial charge on any atom is -0.493 e. The highest BCUT2D eigenvalue weighted by Crippen LogP contribution is 2.28. The third kappa shape index (κ3) is 6.13. The van der Waals surface area contributed by atoms with Gasteiger partial charge in [0.1, 0.15) is 6.04 Å². The standard InChI is InChI=1S/C23H29ClN2O4/c1-5-19(23(28)25-2)26(15-17-6-10-18(24)11-7-17)22(27)13-9-16-8-12-20(29-3)21(14-16)30-4/h6-8,10-12,14,19H,5,9,13,15H2,1-4H3,(H,25,28)/t19-/m0/s1. The lowest BCUT2D eigenvalue weighted by Crippen LogP contribution is -2.48. The molecule has 0 unspecified atom stereocenters. The fraction of sp³-hybridized carbons (Fsp3) is 0.391. The van der Waals surface area contributed by atoms with Gasteiger partial charge in [-0.25, -0.2) is 0 Å². The van der Waals surface area contributed by atoms with Crippen molar-refractivity contribution in [2.75, 3.05) is 21.3 Å². The highest BCUT2D eigenvalue weighted by molar-refractivity contribution is 6.30. The van der Waals surface area contributed by atoms with Gasteiger partial charge in [0.05, 0.1) is 14.2 Å². The van der Waals surface area contributed by atoms with Gasteiger partial charge in [0, 0.05) is 25.0 Å². The summed E-state index contributed by atoms with van der Waals surface area (Å²) in [6.07, 6.45) is 1.33. The molecule has 0 aliphatic carbocycles. The van der Waals surface area contributed by atoms with E-state index in [-0.39, 0.29) is 18.2 Å². The first-order valence-corrected chi connectivity index (χ1v) is 10.3. The lowest BCUT2D eigenvalue weighted by atomic mass is 10.1. The molecule has 0 heterocycles. The topological polar surface area (TPSA) is 67.9 Å². The molecule has 0 fully saturated rings. The Morgan fingerprint density at radius 2 is 1.67 bits per heavy atom. The highest BCUT2D eigenvalue weighted by Gasteiger charge is 2.27. The normalized spacial score (nSPS) is 11.5. The van der Waals surface area contributed by atoms with Crippen LogP contribution in [0.5, 0.6) is 11.5 Å². The minimum atomic E-state index is -0.538. The van der Waals surface area contributed by atoms with Crippen molar-refractivity contribution in [2.24, 2.45) is 0 Å². The molecule has 0 radical (unpaired) electrons. The van der Waals surface area contributed by atoms with Gasteiger partial charge in [-0.15, -0.1) is 0 Å². The Kier molecular flexibility index (Phi) is 8.99. The van der Waals surface area contributed by atoms with E-state index in [1.54, 1.807) is 38.3 Å². The Bertz CT molecular complexity index is 855. The molecule has 1 N–H and O–H groups in total. The molecule has 0 aliphatic heterocycles. The van der Waals surface area contributed by atoms with Crippen LogP contribution >= 0.6 is 11.6 Å². The first kappa shape index (κ1) is 23.5. The Hall–Kier alpha value is -2.73. The Morgan fingerprint density at radius 1 is 1.03 bits per heavy atom. The number of likely N-dealkylation sites (N-methyl/N-ethyl adjacent to an activating group) is 1. The predicted molar refractivity (Wildman–Crippen MR) is 118 cm³/mol. The van der Waals surface area contributed by atoms with Gasteiger partial charge in [-0.2, -0.15) is 0 Å². The van der Waals surface area contributed by atoms with Crippen molar-refractivity contribution in [1.82, 2.24) is 10.2 Å². The number of carbonyl (C=O) groups is 2. The summed E-state index contributed by atoms with van der Waals surface area (Å²) in [7, 11) is 4.74. The number of halogens is 1. The van der Waals surface area contributed by atoms with Gasteiger partial charge >= 0.3 is 0 Å². The van der Waals surface area contributed by atoms with Crippen molar-refractivity contribution in [3.05, 3.63) is 58.6 Å². The summed E-state index contributed by atoms with van der Waals surface area (Å²) in [6.45, 7) is 2.24. The van der Waals surface area contributed by atoms with Crippen molar-refractivity contribution in [2.45, 2.75) is 38.8 Å². The maximum Gasteiger partial charge on any atom is 0.242 e. The molecule has 0 aromatic heterocycles. The first-order chi connectivity index (χ1) is 14.4. The number of methoxy groups -OCH3 is 2. The van der Waals surface area contributed by atoms with Crippen LogP contribution in [-0.2, 0) is 22.6 Å². The molecular formula is C23H29ClN2O4. The van der Waals surface area contributed by atoms with E-state index in [1.807, 2.05) is 37.3 Å². The Balaban J connectivity index is 2.19. The fourth-order valence-electron chi connectivity index (χ4n) is 3.30. The van der Waals surface area contributed by atoms with E-state index >= 15 is 0 Å². The molecule has 0 aliphatic rings. The van der Waals surface area contributed by atoms with Crippen LogP contribution in [0.25, 0.3) is 0 Å². The number of hydrogen-bond donors (Lipinski definition) is 1. The van der Waals surface area contributed by atoms with E-state index in [4.69, 9.17) is 21.1 Å². The molecule has 162 valence electrons. The van der Waals surface area contributed by atoms with Crippen LogP contribution in [0.4, 0.5) is 0 Å². The van der Waals surface area contributed by atoms with Crippen LogP contribution in [0, 0.1) is 0 Å². The number of ether oxygens (including phenoxy) is 2. The maximum atomic E-state index is 13.2. The third-order valence-electron chi connectivity index (χ3n) is 4.97. The van der Waals surface area contributed by atoms with E-state index in [9.17, 15) is 9.59 Å². The molecule has 2 rings (SSSR count). The smallest absolute Gasteiger partial charge is 0.242 e. The molecule has 2 amide bonds. The summed E-state index contributed by atoms with van der Waals surface area (Å²) in [5, 5.41) is 3.29. The molecule has 0 spiro atoms. The predicted octanol–water partition coefficient (Wildman–Crippen LogP) is 3.84. The molecule has 30 heavy (non-hydrogen) atoms. The number of amides is 2. The van der Waals surface area contributed by atoms with Gasteiger partial charge in [-0.3, -0.25) is 9.59 Å². The van der Waals surface area contributed by atoms with Crippen molar-refractivity contribution in [1.29, 1.82) is 0 Å². The lowest BCUT2D eigenvalue weighted by molar-refractivity contribution is -0.141. The number of hydrogen-bond acceptors (Lipinski definition) is 4. The average molecular weight is 433 g/mol. The van der Waals surface area contributed by atoms with Gasteiger partial charge in [0.25, 0.3) is 0 Å². The molecule has 0 bridgehead atoms. The number of carbonyl (C=O) groups excluding carboxylic acids is 2. The van der Waals surface area contributed by atoms with Gasteiger partial charge in [0.2, 0.25) is 11.8 Å². The van der Waals surface area contributed by atoms with Crippen LogP contribution in [0.2, 0.25) is 5.02 Å². The van der Waals surface area contributed by atoms with Crippen molar-refractivity contribution >= 4 is 23.4 Å². The molecule has 6 nitrogen and oxygen atoms in total. The average Bonchev–Trinajstić information content (AvgIpc) is 2.78. The van der Waals surface area contributed by atoms with E-state index in [0.717, 1.165) is 11.1 Å². The van der Waals surface area contributed by atoms with Crippen LogP contribution in [0.3, 0.4) is 0 Å². The zero-order valence-corrected chi connectivity index (χ0v) is 18.7. The third-order valence-corrected chi connectivity index (χ3v) is 5.23. The quantitative estimate of drug-likeness (QED) is 0.619. The zero-order valence-electron chi connectivity index (χ0n) is 17.9. The first-order valence-electron chi connectivity index (χ1n) is 9.89. The monoisotopic (exact) mass is 432 g/mol. The largest absolute Gasteiger partial charge is 0.493 e. The fourth-order valence-corrected chi connectivity index (χ4v) is 3.43.